The van der Waals surface area contributed by atoms with Crippen molar-refractivity contribution in [2.24, 2.45) is 12.5 Å². The van der Waals surface area contributed by atoms with E-state index in [-0.39, 0.29) is 23.1 Å². The van der Waals surface area contributed by atoms with Crippen molar-refractivity contribution in [2.45, 2.75) is 25.7 Å². The fourth-order valence-corrected chi connectivity index (χ4v) is 3.24. The summed E-state index contributed by atoms with van der Waals surface area (Å²) >= 11 is 0. The number of amides is 3. The number of likely N-dealkylation sites (tertiary alicyclic amines) is 1. The molecule has 0 radical (unpaired) electrons. The van der Waals surface area contributed by atoms with E-state index in [4.69, 9.17) is 0 Å². The number of hydrogen-bond acceptors (Lipinski definition) is 4. The molecule has 7 nitrogen and oxygen atoms in total. The highest BCUT2D eigenvalue weighted by Gasteiger charge is 2.42. The molecule has 0 bridgehead atoms. The van der Waals surface area contributed by atoms with E-state index in [0.717, 1.165) is 0 Å². The zero-order valence-electron chi connectivity index (χ0n) is 12.0. The molecule has 1 aromatic rings. The van der Waals surface area contributed by atoms with E-state index in [1.165, 1.54) is 0 Å². The first kappa shape index (κ1) is 13.8. The normalized spacial score (nSPS) is 21.5. The van der Waals surface area contributed by atoms with E-state index in [2.05, 4.69) is 10.4 Å². The molecule has 2 aliphatic rings. The van der Waals surface area contributed by atoms with Crippen LogP contribution in [-0.4, -0.2) is 45.5 Å². The van der Waals surface area contributed by atoms with Crippen LogP contribution in [-0.2, 0) is 16.6 Å². The van der Waals surface area contributed by atoms with Crippen molar-refractivity contribution >= 4 is 17.7 Å². The Labute approximate surface area is 122 Å². The molecule has 2 saturated heterocycles. The fraction of sp³-hybridized carbons (Fsp3) is 0.571. The molecule has 0 saturated carbocycles. The van der Waals surface area contributed by atoms with Crippen LogP contribution in [0.4, 0.5) is 0 Å². The van der Waals surface area contributed by atoms with Gasteiger partial charge in [-0.05, 0) is 18.3 Å². The molecule has 21 heavy (non-hydrogen) atoms. The Morgan fingerprint density at radius 2 is 1.86 bits per heavy atom. The van der Waals surface area contributed by atoms with Gasteiger partial charge in [0.25, 0.3) is 5.91 Å². The van der Waals surface area contributed by atoms with E-state index < -0.39 is 0 Å². The predicted octanol–water partition coefficient (Wildman–Crippen LogP) is 0.0791. The highest BCUT2D eigenvalue weighted by atomic mass is 16.2. The molecule has 0 atom stereocenters. The third-order valence-electron chi connectivity index (χ3n) is 4.41. The zero-order valence-corrected chi connectivity index (χ0v) is 12.0. The lowest BCUT2D eigenvalue weighted by Crippen LogP contribution is -2.50. The number of rotatable bonds is 1. The van der Waals surface area contributed by atoms with Crippen LogP contribution in [0.25, 0.3) is 0 Å². The largest absolute Gasteiger partial charge is 0.339 e. The van der Waals surface area contributed by atoms with Gasteiger partial charge in [-0.15, -0.1) is 0 Å². The minimum Gasteiger partial charge on any atom is -0.339 e. The molecule has 2 aliphatic heterocycles. The second-order valence-electron chi connectivity index (χ2n) is 6.02. The Hall–Kier alpha value is -2.18. The molecular formula is C14H18N4O3. The average Bonchev–Trinajstić information content (AvgIpc) is 2.84. The smallest absolute Gasteiger partial charge is 0.257 e. The summed E-state index contributed by atoms with van der Waals surface area (Å²) in [4.78, 5) is 37.2. The van der Waals surface area contributed by atoms with Crippen molar-refractivity contribution in [3.63, 3.8) is 0 Å². The van der Waals surface area contributed by atoms with Crippen LogP contribution in [0, 0.1) is 5.41 Å². The number of nitrogens with one attached hydrogen (secondary N) is 1. The molecule has 112 valence electrons. The first-order valence-electron chi connectivity index (χ1n) is 7.08. The summed E-state index contributed by atoms with van der Waals surface area (Å²) in [5.41, 5.74) is 0.316. The van der Waals surface area contributed by atoms with Crippen LogP contribution in [0.1, 0.15) is 36.0 Å². The minimum atomic E-state index is -0.259. The molecule has 3 rings (SSSR count). The average molecular weight is 290 g/mol. The molecule has 0 aliphatic carbocycles. The third kappa shape index (κ3) is 2.68. The Balaban J connectivity index is 1.66. The minimum absolute atomic E-state index is 0.0375. The quantitative estimate of drug-likeness (QED) is 0.742. The number of aryl methyl sites for hydroxylation is 1. The van der Waals surface area contributed by atoms with E-state index in [9.17, 15) is 14.4 Å². The molecule has 2 fully saturated rings. The maximum absolute atomic E-state index is 12.3. The Morgan fingerprint density at radius 1 is 1.24 bits per heavy atom. The topological polar surface area (TPSA) is 84.3 Å². The van der Waals surface area contributed by atoms with Gasteiger partial charge in [-0.3, -0.25) is 24.4 Å². The monoisotopic (exact) mass is 290 g/mol. The highest BCUT2D eigenvalue weighted by Crippen LogP contribution is 2.40. The molecule has 1 N–H and O–H groups in total. The maximum atomic E-state index is 12.3. The third-order valence-corrected chi connectivity index (χ3v) is 4.41. The van der Waals surface area contributed by atoms with Gasteiger partial charge in [-0.2, -0.15) is 5.10 Å². The van der Waals surface area contributed by atoms with Crippen LogP contribution in [0.2, 0.25) is 0 Å². The number of piperidine rings is 2. The second-order valence-corrected chi connectivity index (χ2v) is 6.02. The van der Waals surface area contributed by atoms with E-state index in [0.29, 0.717) is 44.3 Å². The van der Waals surface area contributed by atoms with Gasteiger partial charge in [0.15, 0.2) is 0 Å². The number of hydrogen-bond donors (Lipinski definition) is 1. The SMILES string of the molecule is Cn1cc(C(=O)N2CCC3(CC2)CC(=O)NC(=O)C3)cn1. The summed E-state index contributed by atoms with van der Waals surface area (Å²) in [6, 6.07) is 0. The maximum Gasteiger partial charge on any atom is 0.257 e. The molecule has 7 heteroatoms. The van der Waals surface area contributed by atoms with Crippen LogP contribution in [0.15, 0.2) is 12.4 Å². The molecule has 1 spiro atoms. The summed E-state index contributed by atoms with van der Waals surface area (Å²) in [6.07, 6.45) is 5.41. The van der Waals surface area contributed by atoms with Crippen LogP contribution < -0.4 is 5.32 Å². The van der Waals surface area contributed by atoms with Crippen molar-refractivity contribution < 1.29 is 14.4 Å². The molecule has 3 heterocycles. The van der Waals surface area contributed by atoms with Crippen molar-refractivity contribution in [1.82, 2.24) is 20.0 Å². The van der Waals surface area contributed by atoms with Gasteiger partial charge in [0.1, 0.15) is 0 Å². The first-order chi connectivity index (χ1) is 9.97. The highest BCUT2D eigenvalue weighted by molar-refractivity contribution is 5.98. The molecular weight excluding hydrogens is 272 g/mol. The second kappa shape index (κ2) is 4.98. The molecule has 3 amide bonds. The van der Waals surface area contributed by atoms with E-state index >= 15 is 0 Å². The first-order valence-corrected chi connectivity index (χ1v) is 7.08. The fourth-order valence-electron chi connectivity index (χ4n) is 3.24. The van der Waals surface area contributed by atoms with E-state index in [1.807, 2.05) is 0 Å². The molecule has 0 unspecified atom stereocenters. The van der Waals surface area contributed by atoms with Gasteiger partial charge < -0.3 is 4.90 Å². The lowest BCUT2D eigenvalue weighted by Gasteiger charge is -2.42. The van der Waals surface area contributed by atoms with Crippen LogP contribution in [0.3, 0.4) is 0 Å². The van der Waals surface area contributed by atoms with E-state index in [1.54, 1.807) is 29.0 Å². The summed E-state index contributed by atoms with van der Waals surface area (Å²) < 4.78 is 1.60. The zero-order chi connectivity index (χ0) is 15.0. The Kier molecular flexibility index (Phi) is 3.27. The summed E-state index contributed by atoms with van der Waals surface area (Å²) in [7, 11) is 1.77. The van der Waals surface area contributed by atoms with Crippen molar-refractivity contribution in [3.8, 4) is 0 Å². The summed E-state index contributed by atoms with van der Waals surface area (Å²) in [6.45, 7) is 1.16. The number of carbonyl (C=O) groups excluding carboxylic acids is 3. The Bertz CT molecular complexity index is 581. The number of imide groups is 1. The van der Waals surface area contributed by atoms with Crippen molar-refractivity contribution in [3.05, 3.63) is 18.0 Å². The number of carbonyl (C=O) groups is 3. The summed E-state index contributed by atoms with van der Waals surface area (Å²) in [5.74, 6) is -0.430. The lowest BCUT2D eigenvalue weighted by molar-refractivity contribution is -0.139. The van der Waals surface area contributed by atoms with Crippen LogP contribution >= 0.6 is 0 Å². The molecule has 0 aromatic carbocycles. The standard InChI is InChI=1S/C14H18N4O3/c1-17-9-10(8-15-17)13(21)18-4-2-14(3-5-18)6-11(19)16-12(20)7-14/h8-9H,2-7H2,1H3,(H,16,19,20). The van der Waals surface area contributed by atoms with Crippen molar-refractivity contribution in [1.29, 1.82) is 0 Å². The summed E-state index contributed by atoms with van der Waals surface area (Å²) in [5, 5.41) is 6.35. The molecule has 1 aromatic heterocycles. The number of aromatic nitrogens is 2. The van der Waals surface area contributed by atoms with Gasteiger partial charge in [0.05, 0.1) is 11.8 Å². The van der Waals surface area contributed by atoms with Gasteiger partial charge >= 0.3 is 0 Å². The van der Waals surface area contributed by atoms with Gasteiger partial charge in [0, 0.05) is 39.2 Å². The van der Waals surface area contributed by atoms with Crippen molar-refractivity contribution in [2.75, 3.05) is 13.1 Å². The number of nitrogens with zero attached hydrogens (tertiary/aromatic N) is 3. The van der Waals surface area contributed by atoms with Gasteiger partial charge in [-0.1, -0.05) is 0 Å². The lowest BCUT2D eigenvalue weighted by atomic mass is 9.71. The van der Waals surface area contributed by atoms with Gasteiger partial charge in [0.2, 0.25) is 11.8 Å². The Morgan fingerprint density at radius 3 is 2.38 bits per heavy atom. The van der Waals surface area contributed by atoms with Gasteiger partial charge in [-0.25, -0.2) is 0 Å². The van der Waals surface area contributed by atoms with Crippen LogP contribution in [0.5, 0.6) is 0 Å². The predicted molar refractivity (Wildman–Crippen MR) is 73.2 cm³/mol.